The van der Waals surface area contributed by atoms with Crippen molar-refractivity contribution >= 4 is 17.5 Å². The molecule has 0 bridgehead atoms. The second-order valence-electron chi connectivity index (χ2n) is 6.48. The third-order valence-corrected chi connectivity index (χ3v) is 4.36. The third kappa shape index (κ3) is 5.93. The van der Waals surface area contributed by atoms with Crippen molar-refractivity contribution in [2.45, 2.75) is 52.4 Å². The second-order valence-corrected chi connectivity index (χ2v) is 6.48. The zero-order valence-electron chi connectivity index (χ0n) is 14.1. The topological polar surface area (TPSA) is 70.2 Å². The minimum absolute atomic E-state index is 0.100. The first-order valence-electron chi connectivity index (χ1n) is 8.43. The number of anilines is 1. The molecule has 0 unspecified atom stereocenters. The van der Waals surface area contributed by atoms with Gasteiger partial charge in [-0.3, -0.25) is 20.4 Å². The van der Waals surface area contributed by atoms with Crippen LogP contribution in [0.25, 0.3) is 0 Å². The van der Waals surface area contributed by atoms with Gasteiger partial charge in [0.1, 0.15) is 0 Å². The van der Waals surface area contributed by atoms with Crippen molar-refractivity contribution in [2.24, 2.45) is 5.92 Å². The van der Waals surface area contributed by atoms with Crippen molar-refractivity contribution in [3.63, 3.8) is 0 Å². The quantitative estimate of drug-likeness (QED) is 0.731. The lowest BCUT2D eigenvalue weighted by molar-refractivity contribution is -0.128. The maximum absolute atomic E-state index is 11.8. The molecule has 0 heterocycles. The van der Waals surface area contributed by atoms with E-state index in [1.807, 2.05) is 26.0 Å². The highest BCUT2D eigenvalue weighted by Gasteiger charge is 2.17. The van der Waals surface area contributed by atoms with Gasteiger partial charge in [-0.05, 0) is 44.2 Å². The first kappa shape index (κ1) is 17.3. The zero-order valence-corrected chi connectivity index (χ0v) is 14.1. The number of aryl methyl sites for hydroxylation is 2. The normalized spacial score (nSPS) is 15.0. The minimum atomic E-state index is -0.248. The van der Waals surface area contributed by atoms with Crippen molar-refractivity contribution in [3.05, 3.63) is 29.3 Å². The number of nitrogens with one attached hydrogen (secondary N) is 3. The van der Waals surface area contributed by atoms with Crippen LogP contribution in [0.1, 0.15) is 49.7 Å². The summed E-state index contributed by atoms with van der Waals surface area (Å²) in [5.74, 6) is 0.118. The standard InChI is InChI=1S/C18H27N3O2/c1-13-8-9-16(14(2)10-13)19-12-18(23)21-20-17(22)11-15-6-4-3-5-7-15/h8-10,15,19H,3-7,11-12H2,1-2H3,(H,20,22)(H,21,23). The maximum Gasteiger partial charge on any atom is 0.257 e. The number of hydrazine groups is 1. The summed E-state index contributed by atoms with van der Waals surface area (Å²) in [6, 6.07) is 6.02. The molecule has 23 heavy (non-hydrogen) atoms. The lowest BCUT2D eigenvalue weighted by Gasteiger charge is -2.20. The van der Waals surface area contributed by atoms with Gasteiger partial charge >= 0.3 is 0 Å². The summed E-state index contributed by atoms with van der Waals surface area (Å²) in [5, 5.41) is 3.08. The molecule has 0 aliphatic heterocycles. The summed E-state index contributed by atoms with van der Waals surface area (Å²) in [7, 11) is 0. The number of hydrogen-bond acceptors (Lipinski definition) is 3. The van der Waals surface area contributed by atoms with Crippen molar-refractivity contribution in [3.8, 4) is 0 Å². The average Bonchev–Trinajstić information content (AvgIpc) is 2.53. The van der Waals surface area contributed by atoms with E-state index in [2.05, 4.69) is 22.2 Å². The minimum Gasteiger partial charge on any atom is -0.376 e. The molecule has 0 radical (unpaired) electrons. The van der Waals surface area contributed by atoms with Crippen LogP contribution in [0.15, 0.2) is 18.2 Å². The molecule has 5 nitrogen and oxygen atoms in total. The molecule has 0 aromatic heterocycles. The van der Waals surface area contributed by atoms with E-state index in [0.29, 0.717) is 12.3 Å². The van der Waals surface area contributed by atoms with Crippen LogP contribution >= 0.6 is 0 Å². The van der Waals surface area contributed by atoms with Crippen LogP contribution in [0.3, 0.4) is 0 Å². The van der Waals surface area contributed by atoms with Gasteiger partial charge in [-0.25, -0.2) is 0 Å². The highest BCUT2D eigenvalue weighted by atomic mass is 16.2. The van der Waals surface area contributed by atoms with E-state index in [0.717, 1.165) is 24.1 Å². The molecule has 3 N–H and O–H groups in total. The summed E-state index contributed by atoms with van der Waals surface area (Å²) in [4.78, 5) is 23.6. The van der Waals surface area contributed by atoms with Gasteiger partial charge in [-0.2, -0.15) is 0 Å². The highest BCUT2D eigenvalue weighted by molar-refractivity contribution is 5.84. The van der Waals surface area contributed by atoms with Gasteiger partial charge in [0.2, 0.25) is 5.91 Å². The fourth-order valence-corrected chi connectivity index (χ4v) is 3.08. The van der Waals surface area contributed by atoms with Crippen molar-refractivity contribution in [1.29, 1.82) is 0 Å². The van der Waals surface area contributed by atoms with Crippen LogP contribution in [-0.2, 0) is 9.59 Å². The summed E-state index contributed by atoms with van der Waals surface area (Å²) in [6.07, 6.45) is 6.45. The average molecular weight is 317 g/mol. The zero-order chi connectivity index (χ0) is 16.7. The van der Waals surface area contributed by atoms with E-state index in [4.69, 9.17) is 0 Å². The smallest absolute Gasteiger partial charge is 0.257 e. The Morgan fingerprint density at radius 2 is 1.74 bits per heavy atom. The number of carbonyl (C=O) groups is 2. The molecule has 5 heteroatoms. The van der Waals surface area contributed by atoms with Crippen LogP contribution in [0, 0.1) is 19.8 Å². The van der Waals surface area contributed by atoms with Gasteiger partial charge in [0.25, 0.3) is 5.91 Å². The molecule has 1 aliphatic carbocycles. The molecule has 126 valence electrons. The van der Waals surface area contributed by atoms with E-state index in [-0.39, 0.29) is 18.4 Å². The SMILES string of the molecule is Cc1ccc(NCC(=O)NNC(=O)CC2CCCCC2)c(C)c1. The maximum atomic E-state index is 11.8. The van der Waals surface area contributed by atoms with E-state index >= 15 is 0 Å². The monoisotopic (exact) mass is 317 g/mol. The van der Waals surface area contributed by atoms with Gasteiger partial charge in [-0.15, -0.1) is 0 Å². The summed E-state index contributed by atoms with van der Waals surface area (Å²) >= 11 is 0. The number of carbonyl (C=O) groups excluding carboxylic acids is 2. The number of amides is 2. The van der Waals surface area contributed by atoms with Gasteiger partial charge in [0, 0.05) is 12.1 Å². The molecule has 2 rings (SSSR count). The predicted octanol–water partition coefficient (Wildman–Crippen LogP) is 2.83. The van der Waals surface area contributed by atoms with Crippen LogP contribution in [0.5, 0.6) is 0 Å². The van der Waals surface area contributed by atoms with Crippen molar-refractivity contribution in [1.82, 2.24) is 10.9 Å². The molecule has 0 atom stereocenters. The molecule has 0 spiro atoms. The first-order chi connectivity index (χ1) is 11.0. The lowest BCUT2D eigenvalue weighted by atomic mass is 9.87. The third-order valence-electron chi connectivity index (χ3n) is 4.36. The van der Waals surface area contributed by atoms with E-state index < -0.39 is 0 Å². The summed E-state index contributed by atoms with van der Waals surface area (Å²) < 4.78 is 0. The molecule has 2 amide bonds. The Morgan fingerprint density at radius 1 is 1.04 bits per heavy atom. The number of benzene rings is 1. The van der Waals surface area contributed by atoms with Gasteiger partial charge in [-0.1, -0.05) is 37.0 Å². The molecular weight excluding hydrogens is 290 g/mol. The first-order valence-corrected chi connectivity index (χ1v) is 8.43. The number of rotatable bonds is 5. The Bertz CT molecular complexity index is 551. The van der Waals surface area contributed by atoms with E-state index in [1.165, 1.54) is 24.8 Å². The van der Waals surface area contributed by atoms with Crippen molar-refractivity contribution < 1.29 is 9.59 Å². The van der Waals surface area contributed by atoms with Crippen LogP contribution in [0.2, 0.25) is 0 Å². The van der Waals surface area contributed by atoms with Gasteiger partial charge < -0.3 is 5.32 Å². The van der Waals surface area contributed by atoms with Crippen LogP contribution in [-0.4, -0.2) is 18.4 Å². The lowest BCUT2D eigenvalue weighted by Crippen LogP contribution is -2.44. The molecule has 1 aliphatic rings. The van der Waals surface area contributed by atoms with Crippen LogP contribution < -0.4 is 16.2 Å². The molecule has 0 saturated heterocycles. The molecule has 1 aromatic rings. The van der Waals surface area contributed by atoms with Gasteiger partial charge in [0.15, 0.2) is 0 Å². The fraction of sp³-hybridized carbons (Fsp3) is 0.556. The van der Waals surface area contributed by atoms with Crippen LogP contribution in [0.4, 0.5) is 5.69 Å². The van der Waals surface area contributed by atoms with Crippen molar-refractivity contribution in [2.75, 3.05) is 11.9 Å². The largest absolute Gasteiger partial charge is 0.376 e. The molecule has 1 aromatic carbocycles. The predicted molar refractivity (Wildman–Crippen MR) is 91.9 cm³/mol. The Labute approximate surface area is 138 Å². The molecule has 1 fully saturated rings. The number of hydrogen-bond donors (Lipinski definition) is 3. The van der Waals surface area contributed by atoms with E-state index in [1.54, 1.807) is 0 Å². The van der Waals surface area contributed by atoms with E-state index in [9.17, 15) is 9.59 Å². The fourth-order valence-electron chi connectivity index (χ4n) is 3.08. The van der Waals surface area contributed by atoms with Gasteiger partial charge in [0.05, 0.1) is 6.54 Å². The summed E-state index contributed by atoms with van der Waals surface area (Å²) in [5.41, 5.74) is 8.20. The molecule has 1 saturated carbocycles. The Morgan fingerprint density at radius 3 is 2.43 bits per heavy atom. The Balaban J connectivity index is 1.67. The highest BCUT2D eigenvalue weighted by Crippen LogP contribution is 2.25. The molecular formula is C18H27N3O2. The summed E-state index contributed by atoms with van der Waals surface area (Å²) in [6.45, 7) is 4.16. The Hall–Kier alpha value is -2.04. The Kier molecular flexibility index (Phi) is 6.44. The second kappa shape index (κ2) is 8.56.